The van der Waals surface area contributed by atoms with Crippen LogP contribution in [0.1, 0.15) is 11.5 Å². The molecule has 9 nitrogen and oxygen atoms in total. The molecule has 2 fully saturated rings. The number of hydrogen-bond donors (Lipinski definition) is 0. The molecule has 1 aromatic rings. The molecule has 0 bridgehead atoms. The molecule has 0 N–H and O–H groups in total. The Balaban J connectivity index is 2.07. The fourth-order valence-corrected chi connectivity index (χ4v) is 3.42. The third-order valence-electron chi connectivity index (χ3n) is 3.87. The Labute approximate surface area is 138 Å². The zero-order chi connectivity index (χ0) is 17.3. The molecular formula is C14H17NO8S. The number of rotatable bonds is 5. The molecule has 2 saturated heterocycles. The largest absolute Gasteiger partial charge is 0.349 e. The maximum Gasteiger partial charge on any atom is 0.274 e. The Morgan fingerprint density at radius 2 is 1.58 bits per heavy atom. The van der Waals surface area contributed by atoms with E-state index in [2.05, 4.69) is 0 Å². The minimum Gasteiger partial charge on any atom is -0.349 e. The van der Waals surface area contributed by atoms with Gasteiger partial charge >= 0.3 is 0 Å². The zero-order valence-electron chi connectivity index (χ0n) is 12.9. The van der Waals surface area contributed by atoms with Gasteiger partial charge in [-0.3, -0.25) is 10.1 Å². The lowest BCUT2D eigenvalue weighted by Crippen LogP contribution is -2.32. The summed E-state index contributed by atoms with van der Waals surface area (Å²) in [6.07, 6.45) is -0.512. The summed E-state index contributed by atoms with van der Waals surface area (Å²) >= 11 is 0. The summed E-state index contributed by atoms with van der Waals surface area (Å²) in [6.45, 7) is 1.46. The molecule has 2 aliphatic rings. The van der Waals surface area contributed by atoms with Gasteiger partial charge in [-0.1, -0.05) is 6.07 Å². The van der Waals surface area contributed by atoms with Crippen molar-refractivity contribution in [3.05, 3.63) is 33.9 Å². The summed E-state index contributed by atoms with van der Waals surface area (Å²) < 4.78 is 45.3. The Morgan fingerprint density at radius 3 is 2.00 bits per heavy atom. The standard InChI is InChI=1S/C14H17NO8S/c1-24(18,19)9-2-3-10(11(8-9)15(16)17)12(13-20-4-5-21-13)14-22-6-7-23-14/h2-3,8,12-14H,4-7H2,1H3. The summed E-state index contributed by atoms with van der Waals surface area (Å²) in [7, 11) is -3.57. The van der Waals surface area contributed by atoms with Gasteiger partial charge < -0.3 is 18.9 Å². The summed E-state index contributed by atoms with van der Waals surface area (Å²) in [5.41, 5.74) is -0.0766. The van der Waals surface area contributed by atoms with Gasteiger partial charge in [0.05, 0.1) is 42.2 Å². The van der Waals surface area contributed by atoms with Crippen LogP contribution in [-0.4, -0.2) is 58.6 Å². The fourth-order valence-electron chi connectivity index (χ4n) is 2.78. The average molecular weight is 359 g/mol. The van der Waals surface area contributed by atoms with Gasteiger partial charge in [0, 0.05) is 17.9 Å². The highest BCUT2D eigenvalue weighted by Gasteiger charge is 2.41. The molecule has 1 aromatic carbocycles. The number of nitro benzene ring substituents is 1. The first-order chi connectivity index (χ1) is 11.4. The van der Waals surface area contributed by atoms with Crippen molar-refractivity contribution in [1.29, 1.82) is 0 Å². The molecule has 0 aromatic heterocycles. The molecule has 0 atom stereocenters. The predicted octanol–water partition coefficient (Wildman–Crippen LogP) is 0.828. The van der Waals surface area contributed by atoms with E-state index in [1.165, 1.54) is 12.1 Å². The van der Waals surface area contributed by atoms with Gasteiger partial charge in [0.1, 0.15) is 0 Å². The van der Waals surface area contributed by atoms with E-state index in [0.29, 0.717) is 26.4 Å². The molecule has 2 heterocycles. The summed E-state index contributed by atoms with van der Waals surface area (Å²) in [5, 5.41) is 11.5. The maximum absolute atomic E-state index is 11.7. The molecule has 0 unspecified atom stereocenters. The molecule has 0 saturated carbocycles. The second kappa shape index (κ2) is 6.73. The van der Waals surface area contributed by atoms with Crippen LogP contribution in [0.2, 0.25) is 0 Å². The first kappa shape index (κ1) is 17.2. The molecule has 0 spiro atoms. The van der Waals surface area contributed by atoms with E-state index in [-0.39, 0.29) is 16.1 Å². The van der Waals surface area contributed by atoms with Crippen molar-refractivity contribution in [3.63, 3.8) is 0 Å². The predicted molar refractivity (Wildman–Crippen MR) is 80.3 cm³/mol. The lowest BCUT2D eigenvalue weighted by molar-refractivity contribution is -0.386. The topological polar surface area (TPSA) is 114 Å². The highest BCUT2D eigenvalue weighted by atomic mass is 32.2. The van der Waals surface area contributed by atoms with Crippen molar-refractivity contribution < 1.29 is 32.3 Å². The first-order valence-corrected chi connectivity index (χ1v) is 9.22. The second-order valence-electron chi connectivity index (χ2n) is 5.50. The Kier molecular flexibility index (Phi) is 4.83. The van der Waals surface area contributed by atoms with Crippen LogP contribution in [0.4, 0.5) is 5.69 Å². The van der Waals surface area contributed by atoms with Gasteiger partial charge in [0.25, 0.3) is 5.69 Å². The first-order valence-electron chi connectivity index (χ1n) is 7.33. The molecule has 10 heteroatoms. The van der Waals surface area contributed by atoms with E-state index in [1.807, 2.05) is 0 Å². The van der Waals surface area contributed by atoms with Gasteiger partial charge in [-0.15, -0.1) is 0 Å². The molecule has 0 aliphatic carbocycles. The lowest BCUT2D eigenvalue weighted by Gasteiger charge is -2.26. The van der Waals surface area contributed by atoms with E-state index in [9.17, 15) is 18.5 Å². The number of ether oxygens (including phenoxy) is 4. The van der Waals surface area contributed by atoms with Gasteiger partial charge in [-0.05, 0) is 6.07 Å². The number of nitro groups is 1. The minimum atomic E-state index is -3.57. The number of nitrogens with zero attached hydrogens (tertiary/aromatic N) is 1. The smallest absolute Gasteiger partial charge is 0.274 e. The summed E-state index contributed by atoms with van der Waals surface area (Å²) in [5.74, 6) is -0.691. The average Bonchev–Trinajstić information content (AvgIpc) is 3.20. The van der Waals surface area contributed by atoms with E-state index >= 15 is 0 Å². The normalized spacial score (nSPS) is 20.1. The van der Waals surface area contributed by atoms with E-state index in [0.717, 1.165) is 12.3 Å². The van der Waals surface area contributed by atoms with Crippen molar-refractivity contribution in [2.24, 2.45) is 0 Å². The third kappa shape index (κ3) is 3.42. The lowest BCUT2D eigenvalue weighted by atomic mass is 9.96. The molecule has 2 aliphatic heterocycles. The highest BCUT2D eigenvalue weighted by Crippen LogP contribution is 2.38. The fraction of sp³-hybridized carbons (Fsp3) is 0.571. The van der Waals surface area contributed by atoms with E-state index in [4.69, 9.17) is 18.9 Å². The Morgan fingerprint density at radius 1 is 1.08 bits per heavy atom. The van der Waals surface area contributed by atoms with Crippen LogP contribution < -0.4 is 0 Å². The van der Waals surface area contributed by atoms with E-state index in [1.54, 1.807) is 0 Å². The maximum atomic E-state index is 11.7. The number of sulfone groups is 1. The van der Waals surface area contributed by atoms with Gasteiger partial charge in [-0.25, -0.2) is 8.42 Å². The van der Waals surface area contributed by atoms with Crippen LogP contribution in [0.25, 0.3) is 0 Å². The minimum absolute atomic E-state index is 0.127. The highest BCUT2D eigenvalue weighted by molar-refractivity contribution is 7.90. The van der Waals surface area contributed by atoms with Crippen LogP contribution in [0, 0.1) is 10.1 Å². The molecule has 24 heavy (non-hydrogen) atoms. The van der Waals surface area contributed by atoms with Crippen molar-refractivity contribution in [3.8, 4) is 0 Å². The molecule has 0 amide bonds. The van der Waals surface area contributed by atoms with Gasteiger partial charge in [0.15, 0.2) is 22.4 Å². The number of hydrogen-bond acceptors (Lipinski definition) is 8. The molecular weight excluding hydrogens is 342 g/mol. The van der Waals surface area contributed by atoms with Crippen LogP contribution in [-0.2, 0) is 28.8 Å². The molecule has 132 valence electrons. The van der Waals surface area contributed by atoms with Crippen LogP contribution in [0.3, 0.4) is 0 Å². The number of benzene rings is 1. The van der Waals surface area contributed by atoms with Crippen molar-refractivity contribution >= 4 is 15.5 Å². The van der Waals surface area contributed by atoms with Crippen molar-refractivity contribution in [2.45, 2.75) is 23.4 Å². The summed E-state index contributed by atoms with van der Waals surface area (Å²) in [6, 6.07) is 3.77. The Bertz CT molecular complexity index is 706. The van der Waals surface area contributed by atoms with Gasteiger partial charge in [0.2, 0.25) is 0 Å². The quantitative estimate of drug-likeness (QED) is 0.561. The third-order valence-corrected chi connectivity index (χ3v) is 4.98. The van der Waals surface area contributed by atoms with Gasteiger partial charge in [-0.2, -0.15) is 0 Å². The second-order valence-corrected chi connectivity index (χ2v) is 7.51. The SMILES string of the molecule is CS(=O)(=O)c1ccc(C(C2OCCO2)C2OCCO2)c([N+](=O)[O-])c1. The Hall–Kier alpha value is -1.59. The molecule has 0 radical (unpaired) electrons. The summed E-state index contributed by atoms with van der Waals surface area (Å²) in [4.78, 5) is 10.7. The zero-order valence-corrected chi connectivity index (χ0v) is 13.7. The van der Waals surface area contributed by atoms with Crippen LogP contribution in [0.15, 0.2) is 23.1 Å². The molecule has 3 rings (SSSR count). The van der Waals surface area contributed by atoms with Crippen molar-refractivity contribution in [2.75, 3.05) is 32.7 Å². The van der Waals surface area contributed by atoms with Crippen LogP contribution in [0.5, 0.6) is 0 Å². The van der Waals surface area contributed by atoms with Crippen molar-refractivity contribution in [1.82, 2.24) is 0 Å². The van der Waals surface area contributed by atoms with E-state index < -0.39 is 33.3 Å². The monoisotopic (exact) mass is 359 g/mol. The van der Waals surface area contributed by atoms with Crippen LogP contribution >= 0.6 is 0 Å².